The van der Waals surface area contributed by atoms with Crippen LogP contribution < -0.4 is 5.32 Å². The van der Waals surface area contributed by atoms with Crippen LogP contribution >= 0.6 is 11.6 Å². The molecule has 0 bridgehead atoms. The van der Waals surface area contributed by atoms with Crippen LogP contribution in [0.1, 0.15) is 21.5 Å². The number of carbonyl (C=O) groups excluding carboxylic acids is 1. The number of hydrogen-bond donors (Lipinski definition) is 1. The second-order valence-corrected chi connectivity index (χ2v) is 6.90. The summed E-state index contributed by atoms with van der Waals surface area (Å²) in [5.74, 6) is -5.67. The fourth-order valence-electron chi connectivity index (χ4n) is 2.85. The summed E-state index contributed by atoms with van der Waals surface area (Å²) in [7, 11) is 0. The molecule has 0 radical (unpaired) electrons. The second kappa shape index (κ2) is 8.58. The van der Waals surface area contributed by atoms with Gasteiger partial charge >= 0.3 is 6.18 Å². The standard InChI is InChI=1S/C21H13ClF6N2O/c22-17-9-12(13-6-8-18(23)29-10-13)5-7-16(17)20(24,25)11-30-19(31)14-3-1-2-4-15(14)21(26,27)28/h1-10H,11H2,(H,30,31). The molecule has 1 N–H and O–H groups in total. The molecule has 3 aromatic rings. The van der Waals surface area contributed by atoms with Gasteiger partial charge in [-0.15, -0.1) is 0 Å². The predicted molar refractivity (Wildman–Crippen MR) is 102 cm³/mol. The average molecular weight is 459 g/mol. The van der Waals surface area contributed by atoms with Gasteiger partial charge < -0.3 is 5.32 Å². The molecule has 0 unspecified atom stereocenters. The zero-order chi connectivity index (χ0) is 22.8. The van der Waals surface area contributed by atoms with Crippen LogP contribution in [0.25, 0.3) is 11.1 Å². The van der Waals surface area contributed by atoms with Crippen LogP contribution in [0.2, 0.25) is 5.02 Å². The minimum Gasteiger partial charge on any atom is -0.346 e. The Bertz CT molecular complexity index is 1100. The van der Waals surface area contributed by atoms with Crippen LogP contribution in [-0.4, -0.2) is 17.4 Å². The lowest BCUT2D eigenvalue weighted by Crippen LogP contribution is -2.36. The summed E-state index contributed by atoms with van der Waals surface area (Å²) in [6, 6.07) is 9.92. The number of carbonyl (C=O) groups is 1. The smallest absolute Gasteiger partial charge is 0.346 e. The fourth-order valence-corrected chi connectivity index (χ4v) is 3.17. The molecule has 3 nitrogen and oxygen atoms in total. The van der Waals surface area contributed by atoms with Crippen LogP contribution in [-0.2, 0) is 12.1 Å². The molecule has 0 fully saturated rings. The van der Waals surface area contributed by atoms with E-state index >= 15 is 0 Å². The number of pyridine rings is 1. The zero-order valence-corrected chi connectivity index (χ0v) is 16.2. The van der Waals surface area contributed by atoms with E-state index in [4.69, 9.17) is 11.6 Å². The highest BCUT2D eigenvalue weighted by atomic mass is 35.5. The van der Waals surface area contributed by atoms with Gasteiger partial charge in [0.1, 0.15) is 0 Å². The highest BCUT2D eigenvalue weighted by molar-refractivity contribution is 6.31. The third-order valence-corrected chi connectivity index (χ3v) is 4.68. The van der Waals surface area contributed by atoms with Gasteiger partial charge in [0.2, 0.25) is 5.95 Å². The van der Waals surface area contributed by atoms with Gasteiger partial charge in [-0.3, -0.25) is 4.79 Å². The number of nitrogens with zero attached hydrogens (tertiary/aromatic N) is 1. The molecule has 0 spiro atoms. The number of benzene rings is 2. The minimum atomic E-state index is -4.81. The van der Waals surface area contributed by atoms with Gasteiger partial charge in [0.25, 0.3) is 11.8 Å². The molecule has 0 atom stereocenters. The maximum absolute atomic E-state index is 14.6. The van der Waals surface area contributed by atoms with Crippen molar-refractivity contribution in [3.05, 3.63) is 88.5 Å². The van der Waals surface area contributed by atoms with E-state index in [0.717, 1.165) is 24.3 Å². The number of aromatic nitrogens is 1. The molecule has 2 aromatic carbocycles. The first-order valence-electron chi connectivity index (χ1n) is 8.73. The average Bonchev–Trinajstić information content (AvgIpc) is 2.71. The molecule has 162 valence electrons. The van der Waals surface area contributed by atoms with E-state index < -0.39 is 47.2 Å². The summed E-state index contributed by atoms with van der Waals surface area (Å²) in [6.45, 7) is -1.27. The summed E-state index contributed by atoms with van der Waals surface area (Å²) in [4.78, 5) is 15.6. The largest absolute Gasteiger partial charge is 0.417 e. The quantitative estimate of drug-likeness (QED) is 0.372. The first-order chi connectivity index (χ1) is 14.5. The molecular weight excluding hydrogens is 446 g/mol. The molecule has 3 rings (SSSR count). The molecular formula is C21H13ClF6N2O. The van der Waals surface area contributed by atoms with Crippen molar-refractivity contribution in [3.8, 4) is 11.1 Å². The normalized spacial score (nSPS) is 12.0. The molecule has 1 heterocycles. The van der Waals surface area contributed by atoms with Gasteiger partial charge in [-0.05, 0) is 35.9 Å². The number of amides is 1. The van der Waals surface area contributed by atoms with Crippen molar-refractivity contribution >= 4 is 17.5 Å². The topological polar surface area (TPSA) is 42.0 Å². The molecule has 31 heavy (non-hydrogen) atoms. The Morgan fingerprint density at radius 3 is 2.23 bits per heavy atom. The first-order valence-corrected chi connectivity index (χ1v) is 9.11. The highest BCUT2D eigenvalue weighted by Crippen LogP contribution is 2.36. The summed E-state index contributed by atoms with van der Waals surface area (Å²) < 4.78 is 81.3. The van der Waals surface area contributed by atoms with E-state index in [1.165, 1.54) is 30.5 Å². The SMILES string of the molecule is O=C(NCC(F)(F)c1ccc(-c2ccc(F)nc2)cc1Cl)c1ccccc1C(F)(F)F. The lowest BCUT2D eigenvalue weighted by atomic mass is 10.0. The van der Waals surface area contributed by atoms with Crippen molar-refractivity contribution in [2.24, 2.45) is 0 Å². The van der Waals surface area contributed by atoms with Crippen molar-refractivity contribution in [2.75, 3.05) is 6.54 Å². The molecule has 0 aliphatic heterocycles. The van der Waals surface area contributed by atoms with Crippen LogP contribution in [0.5, 0.6) is 0 Å². The molecule has 1 amide bonds. The Hall–Kier alpha value is -3.07. The molecule has 1 aromatic heterocycles. The zero-order valence-electron chi connectivity index (χ0n) is 15.5. The van der Waals surface area contributed by atoms with E-state index in [-0.39, 0.29) is 5.02 Å². The second-order valence-electron chi connectivity index (χ2n) is 6.49. The molecule has 0 saturated heterocycles. The van der Waals surface area contributed by atoms with Crippen LogP contribution in [0.4, 0.5) is 26.3 Å². The van der Waals surface area contributed by atoms with Crippen LogP contribution in [0, 0.1) is 5.95 Å². The first kappa shape index (κ1) is 22.6. The van der Waals surface area contributed by atoms with Crippen LogP contribution in [0.3, 0.4) is 0 Å². The fraction of sp³-hybridized carbons (Fsp3) is 0.143. The summed E-state index contributed by atoms with van der Waals surface area (Å²) in [6.07, 6.45) is -3.61. The van der Waals surface area contributed by atoms with Gasteiger partial charge in [0.05, 0.1) is 22.7 Å². The Morgan fingerprint density at radius 2 is 1.61 bits per heavy atom. The Balaban J connectivity index is 1.78. The van der Waals surface area contributed by atoms with Crippen molar-refractivity contribution in [2.45, 2.75) is 12.1 Å². The summed E-state index contributed by atoms with van der Waals surface area (Å²) in [5, 5.41) is 1.49. The third kappa shape index (κ3) is 5.16. The van der Waals surface area contributed by atoms with Crippen molar-refractivity contribution < 1.29 is 31.1 Å². The Labute approximate surface area is 177 Å². The number of rotatable bonds is 5. The summed E-state index contributed by atoms with van der Waals surface area (Å²) in [5.41, 5.74) is -1.78. The lowest BCUT2D eigenvalue weighted by molar-refractivity contribution is -0.137. The number of alkyl halides is 5. The third-order valence-electron chi connectivity index (χ3n) is 4.37. The van der Waals surface area contributed by atoms with Crippen molar-refractivity contribution in [1.29, 1.82) is 0 Å². The molecule has 0 aliphatic rings. The van der Waals surface area contributed by atoms with E-state index in [0.29, 0.717) is 17.2 Å². The van der Waals surface area contributed by atoms with E-state index in [9.17, 15) is 31.1 Å². The molecule has 10 heteroatoms. The monoisotopic (exact) mass is 458 g/mol. The van der Waals surface area contributed by atoms with E-state index in [1.807, 2.05) is 5.32 Å². The summed E-state index contributed by atoms with van der Waals surface area (Å²) >= 11 is 5.98. The van der Waals surface area contributed by atoms with Crippen molar-refractivity contribution in [1.82, 2.24) is 10.3 Å². The number of hydrogen-bond acceptors (Lipinski definition) is 2. The number of halogens is 7. The maximum Gasteiger partial charge on any atom is 0.417 e. The minimum absolute atomic E-state index is 0.336. The predicted octanol–water partition coefficient (Wildman–Crippen LogP) is 6.08. The van der Waals surface area contributed by atoms with Crippen LogP contribution in [0.15, 0.2) is 60.8 Å². The number of nitrogens with one attached hydrogen (secondary N) is 1. The Kier molecular flexibility index (Phi) is 6.26. The highest BCUT2D eigenvalue weighted by Gasteiger charge is 2.37. The van der Waals surface area contributed by atoms with Gasteiger partial charge in [-0.25, -0.2) is 4.98 Å². The Morgan fingerprint density at radius 1 is 0.935 bits per heavy atom. The van der Waals surface area contributed by atoms with E-state index in [1.54, 1.807) is 0 Å². The van der Waals surface area contributed by atoms with Gasteiger partial charge in [0, 0.05) is 17.3 Å². The van der Waals surface area contributed by atoms with Gasteiger partial charge in [0.15, 0.2) is 0 Å². The lowest BCUT2D eigenvalue weighted by Gasteiger charge is -2.20. The maximum atomic E-state index is 14.6. The molecule has 0 aliphatic carbocycles. The molecule has 0 saturated carbocycles. The van der Waals surface area contributed by atoms with Gasteiger partial charge in [-0.1, -0.05) is 35.9 Å². The van der Waals surface area contributed by atoms with Crippen molar-refractivity contribution in [3.63, 3.8) is 0 Å². The van der Waals surface area contributed by atoms with E-state index in [2.05, 4.69) is 4.98 Å². The van der Waals surface area contributed by atoms with Gasteiger partial charge in [-0.2, -0.15) is 26.3 Å².